The summed E-state index contributed by atoms with van der Waals surface area (Å²) in [7, 11) is 1.65. The maximum atomic E-state index is 14.2. The van der Waals surface area contributed by atoms with Crippen LogP contribution < -0.4 is 11.5 Å². The van der Waals surface area contributed by atoms with Crippen LogP contribution in [0.3, 0.4) is 0 Å². The number of hydrogen-bond donors (Lipinski definition) is 2. The van der Waals surface area contributed by atoms with Crippen molar-refractivity contribution < 1.29 is 23.9 Å². The zero-order valence-electron chi connectivity index (χ0n) is 26.6. The first-order chi connectivity index (χ1) is 21.3. The van der Waals surface area contributed by atoms with E-state index in [1.54, 1.807) is 18.0 Å². The topological polar surface area (TPSA) is 136 Å². The highest BCUT2D eigenvalue weighted by Crippen LogP contribution is 2.37. The van der Waals surface area contributed by atoms with E-state index in [9.17, 15) is 19.2 Å². The van der Waals surface area contributed by atoms with Crippen LogP contribution >= 0.6 is 0 Å². The lowest BCUT2D eigenvalue weighted by Gasteiger charge is -2.41. The number of piperidine rings is 1. The minimum Gasteiger partial charge on any atom is -0.376 e. The van der Waals surface area contributed by atoms with Crippen LogP contribution in [0.25, 0.3) is 10.8 Å². The van der Waals surface area contributed by atoms with Gasteiger partial charge in [-0.15, -0.1) is 0 Å². The quantitative estimate of drug-likeness (QED) is 0.193. The Kier molecular flexibility index (Phi) is 10.4. The Morgan fingerprint density at radius 1 is 0.956 bits per heavy atom. The second kappa shape index (κ2) is 14.1. The molecule has 1 heterocycles. The molecule has 45 heavy (non-hydrogen) atoms. The predicted octanol–water partition coefficient (Wildman–Crippen LogP) is 4.76. The molecule has 9 nitrogen and oxygen atoms in total. The van der Waals surface area contributed by atoms with Crippen LogP contribution in [0.5, 0.6) is 0 Å². The molecule has 3 amide bonds. The summed E-state index contributed by atoms with van der Waals surface area (Å²) in [5, 5.41) is 2.14. The molecule has 0 aliphatic carbocycles. The van der Waals surface area contributed by atoms with E-state index in [1.807, 2.05) is 93.6 Å². The molecule has 1 aliphatic heterocycles. The van der Waals surface area contributed by atoms with Crippen molar-refractivity contribution in [2.24, 2.45) is 16.9 Å². The average Bonchev–Trinajstić information content (AvgIpc) is 2.98. The number of hydrogen-bond acceptors (Lipinski definition) is 6. The lowest BCUT2D eigenvalue weighted by molar-refractivity contribution is -0.155. The number of likely N-dealkylation sites (tertiary alicyclic amines) is 1. The van der Waals surface area contributed by atoms with Crippen molar-refractivity contribution >= 4 is 34.6 Å². The first kappa shape index (κ1) is 33.4. The summed E-state index contributed by atoms with van der Waals surface area (Å²) in [5.74, 6) is -1.17. The molecule has 0 saturated carbocycles. The van der Waals surface area contributed by atoms with E-state index in [1.165, 1.54) is 4.90 Å². The highest BCUT2D eigenvalue weighted by Gasteiger charge is 2.45. The fourth-order valence-electron chi connectivity index (χ4n) is 6.22. The molecule has 0 aromatic heterocycles. The molecule has 4 rings (SSSR count). The minimum absolute atomic E-state index is 0.208. The highest BCUT2D eigenvalue weighted by atomic mass is 16.6. The Balaban J connectivity index is 1.59. The van der Waals surface area contributed by atoms with Crippen LogP contribution in [0.15, 0.2) is 84.4 Å². The number of carbonyl (C=O) groups excluding carboxylic acids is 4. The standard InChI is InChI=1S/C36H44N4O5/c1-25(23-35(2,3)38)20-31(41)39(4)30(22-27-14-15-28-12-8-9-13-29(28)21-27)32(42)40-18-16-36(17-19-40,33(43)45-34(37)44)24-26-10-6-5-7-11-26/h5-15,20-21,30H,16-19,22-24,38H2,1-4H3,(H2,37,44). The predicted molar refractivity (Wildman–Crippen MR) is 175 cm³/mol. The first-order valence-electron chi connectivity index (χ1n) is 15.3. The van der Waals surface area contributed by atoms with E-state index < -0.39 is 29.1 Å². The second-order valence-electron chi connectivity index (χ2n) is 13.0. The number of nitrogens with zero attached hydrogens (tertiary/aromatic N) is 2. The van der Waals surface area contributed by atoms with Gasteiger partial charge in [0.2, 0.25) is 11.8 Å². The number of amides is 3. The van der Waals surface area contributed by atoms with Gasteiger partial charge in [-0.2, -0.15) is 0 Å². The molecule has 3 aromatic carbocycles. The van der Waals surface area contributed by atoms with Gasteiger partial charge in [-0.05, 0) is 68.4 Å². The highest BCUT2D eigenvalue weighted by molar-refractivity contribution is 5.94. The van der Waals surface area contributed by atoms with Crippen LogP contribution in [0.2, 0.25) is 0 Å². The zero-order chi connectivity index (χ0) is 32.8. The largest absolute Gasteiger partial charge is 0.412 e. The summed E-state index contributed by atoms with van der Waals surface area (Å²) < 4.78 is 4.89. The third-order valence-corrected chi connectivity index (χ3v) is 8.49. The molecule has 1 unspecified atom stereocenters. The number of fused-ring (bicyclic) bond motifs is 1. The average molecular weight is 613 g/mol. The van der Waals surface area contributed by atoms with E-state index in [2.05, 4.69) is 0 Å². The van der Waals surface area contributed by atoms with Gasteiger partial charge in [-0.3, -0.25) is 14.4 Å². The molecule has 0 bridgehead atoms. The van der Waals surface area contributed by atoms with Gasteiger partial charge < -0.3 is 26.0 Å². The van der Waals surface area contributed by atoms with E-state index in [0.29, 0.717) is 19.3 Å². The van der Waals surface area contributed by atoms with Gasteiger partial charge in [0.25, 0.3) is 0 Å². The van der Waals surface area contributed by atoms with Gasteiger partial charge in [0.05, 0.1) is 5.41 Å². The summed E-state index contributed by atoms with van der Waals surface area (Å²) in [6, 6.07) is 22.8. The monoisotopic (exact) mass is 612 g/mol. The van der Waals surface area contributed by atoms with Crippen molar-refractivity contribution in [1.29, 1.82) is 0 Å². The number of rotatable bonds is 10. The Hall–Kier alpha value is -4.50. The van der Waals surface area contributed by atoms with Crippen molar-refractivity contribution in [2.45, 2.75) is 64.5 Å². The van der Waals surface area contributed by atoms with Gasteiger partial charge >= 0.3 is 12.1 Å². The third-order valence-electron chi connectivity index (χ3n) is 8.49. The van der Waals surface area contributed by atoms with Crippen molar-refractivity contribution in [3.05, 3.63) is 95.6 Å². The maximum absolute atomic E-state index is 14.2. The maximum Gasteiger partial charge on any atom is 0.412 e. The fourth-order valence-corrected chi connectivity index (χ4v) is 6.22. The molecule has 9 heteroatoms. The fraction of sp³-hybridized carbons (Fsp3) is 0.389. The molecule has 0 spiro atoms. The lowest BCUT2D eigenvalue weighted by atomic mass is 9.73. The zero-order valence-corrected chi connectivity index (χ0v) is 26.6. The number of benzene rings is 3. The van der Waals surface area contributed by atoms with Crippen LogP contribution in [0.4, 0.5) is 4.79 Å². The van der Waals surface area contributed by atoms with Gasteiger partial charge in [0, 0.05) is 38.2 Å². The van der Waals surface area contributed by atoms with Gasteiger partial charge in [-0.1, -0.05) is 78.4 Å². The summed E-state index contributed by atoms with van der Waals surface area (Å²) in [6.07, 6.45) is 2.17. The van der Waals surface area contributed by atoms with E-state index in [-0.39, 0.29) is 37.7 Å². The SMILES string of the molecule is CC(=CC(=O)N(C)C(Cc1ccc2ccccc2c1)C(=O)N1CCC(Cc2ccccc2)(C(=O)OC(N)=O)CC1)CC(C)(C)N. The van der Waals surface area contributed by atoms with E-state index in [4.69, 9.17) is 16.2 Å². The molecular formula is C36H44N4O5. The Morgan fingerprint density at radius 3 is 2.20 bits per heavy atom. The Bertz CT molecular complexity index is 1570. The number of ether oxygens (including phenoxy) is 1. The van der Waals surface area contributed by atoms with Crippen molar-refractivity contribution in [1.82, 2.24) is 9.80 Å². The van der Waals surface area contributed by atoms with Crippen LogP contribution in [-0.4, -0.2) is 65.4 Å². The lowest BCUT2D eigenvalue weighted by Crippen LogP contribution is -2.55. The van der Waals surface area contributed by atoms with E-state index >= 15 is 0 Å². The second-order valence-corrected chi connectivity index (χ2v) is 13.0. The number of esters is 1. The third kappa shape index (κ3) is 8.79. The molecule has 4 N–H and O–H groups in total. The minimum atomic E-state index is -1.15. The van der Waals surface area contributed by atoms with Crippen molar-refractivity contribution in [2.75, 3.05) is 20.1 Å². The number of primary amides is 1. The smallest absolute Gasteiger partial charge is 0.376 e. The Morgan fingerprint density at radius 2 is 1.58 bits per heavy atom. The van der Waals surface area contributed by atoms with E-state index in [0.717, 1.165) is 27.5 Å². The molecule has 1 fully saturated rings. The molecule has 1 aliphatic rings. The number of carbonyl (C=O) groups is 4. The van der Waals surface area contributed by atoms with Crippen LogP contribution in [0.1, 0.15) is 51.2 Å². The first-order valence-corrected chi connectivity index (χ1v) is 15.3. The molecule has 3 aromatic rings. The van der Waals surface area contributed by atoms with Crippen molar-refractivity contribution in [3.63, 3.8) is 0 Å². The molecule has 0 radical (unpaired) electrons. The summed E-state index contributed by atoms with van der Waals surface area (Å²) in [5.41, 5.74) is 12.6. The number of likely N-dealkylation sites (N-methyl/N-ethyl adjacent to an activating group) is 1. The summed E-state index contributed by atoms with van der Waals surface area (Å²) in [4.78, 5) is 55.7. The summed E-state index contributed by atoms with van der Waals surface area (Å²) >= 11 is 0. The molecule has 1 saturated heterocycles. The number of nitrogens with two attached hydrogens (primary N) is 2. The molecular weight excluding hydrogens is 568 g/mol. The molecule has 1 atom stereocenters. The van der Waals surface area contributed by atoms with Crippen LogP contribution in [-0.2, 0) is 32.0 Å². The normalized spacial score (nSPS) is 15.8. The van der Waals surface area contributed by atoms with Gasteiger partial charge in [-0.25, -0.2) is 4.79 Å². The molecule has 238 valence electrons. The Labute approximate surface area is 265 Å². The van der Waals surface area contributed by atoms with Gasteiger partial charge in [0.1, 0.15) is 6.04 Å². The van der Waals surface area contributed by atoms with Crippen LogP contribution in [0, 0.1) is 5.41 Å². The van der Waals surface area contributed by atoms with Gasteiger partial charge in [0.15, 0.2) is 0 Å². The summed E-state index contributed by atoms with van der Waals surface area (Å²) in [6.45, 7) is 6.18. The van der Waals surface area contributed by atoms with Crippen molar-refractivity contribution in [3.8, 4) is 0 Å².